The maximum Gasteiger partial charge on any atom is 0.154 e. The third-order valence-corrected chi connectivity index (χ3v) is 3.87. The zero-order chi connectivity index (χ0) is 15.4. The van der Waals surface area contributed by atoms with Crippen LogP contribution in [0, 0.1) is 0 Å². The van der Waals surface area contributed by atoms with Crippen LogP contribution in [0.2, 0.25) is 0 Å². The predicted octanol–water partition coefficient (Wildman–Crippen LogP) is 2.04. The number of ether oxygens (including phenoxy) is 1. The van der Waals surface area contributed by atoms with Crippen LogP contribution in [0.25, 0.3) is 11.3 Å². The summed E-state index contributed by atoms with van der Waals surface area (Å²) >= 11 is 0. The van der Waals surface area contributed by atoms with Crippen LogP contribution >= 0.6 is 0 Å². The van der Waals surface area contributed by atoms with Crippen LogP contribution in [0.15, 0.2) is 36.7 Å². The van der Waals surface area contributed by atoms with Crippen LogP contribution in [-0.4, -0.2) is 55.3 Å². The number of aromatic nitrogens is 2. The number of rotatable bonds is 4. The number of hydrogen-bond donors (Lipinski definition) is 0. The summed E-state index contributed by atoms with van der Waals surface area (Å²) in [5.41, 5.74) is 3.38. The molecule has 0 amide bonds. The van der Waals surface area contributed by atoms with E-state index in [2.05, 4.69) is 39.1 Å². The Morgan fingerprint density at radius 2 is 1.82 bits per heavy atom. The molecule has 116 valence electrons. The van der Waals surface area contributed by atoms with Gasteiger partial charge in [-0.15, -0.1) is 0 Å². The Morgan fingerprint density at radius 1 is 1.09 bits per heavy atom. The largest absolute Gasteiger partial charge is 0.379 e. The summed E-state index contributed by atoms with van der Waals surface area (Å²) in [5.74, 6) is 0.900. The summed E-state index contributed by atoms with van der Waals surface area (Å²) in [6.07, 6.45) is 3.50. The van der Waals surface area contributed by atoms with Gasteiger partial charge in [-0.25, -0.2) is 4.98 Å². The number of hydrogen-bond acceptors (Lipinski definition) is 5. The second-order valence-electron chi connectivity index (χ2n) is 5.67. The molecule has 1 aromatic heterocycles. The lowest BCUT2D eigenvalue weighted by Crippen LogP contribution is -2.35. The molecule has 0 saturated carbocycles. The quantitative estimate of drug-likeness (QED) is 0.864. The zero-order valence-electron chi connectivity index (χ0n) is 13.2. The molecule has 2 heterocycles. The highest BCUT2D eigenvalue weighted by Gasteiger charge is 2.16. The summed E-state index contributed by atoms with van der Waals surface area (Å²) in [6.45, 7) is 4.51. The molecule has 1 aliphatic rings. The highest BCUT2D eigenvalue weighted by Crippen LogP contribution is 2.29. The van der Waals surface area contributed by atoms with Gasteiger partial charge in [0.05, 0.1) is 13.2 Å². The van der Waals surface area contributed by atoms with E-state index in [1.54, 1.807) is 12.4 Å². The molecule has 0 radical (unpaired) electrons. The number of nitrogens with zero attached hydrogens (tertiary/aromatic N) is 4. The van der Waals surface area contributed by atoms with Crippen molar-refractivity contribution in [3.63, 3.8) is 0 Å². The first-order chi connectivity index (χ1) is 10.8. The lowest BCUT2D eigenvalue weighted by atomic mass is 10.0. The van der Waals surface area contributed by atoms with Gasteiger partial charge in [-0.05, 0) is 5.56 Å². The van der Waals surface area contributed by atoms with E-state index >= 15 is 0 Å². The second-order valence-corrected chi connectivity index (χ2v) is 5.67. The third kappa shape index (κ3) is 3.26. The summed E-state index contributed by atoms with van der Waals surface area (Å²) in [4.78, 5) is 13.5. The fourth-order valence-corrected chi connectivity index (χ4v) is 2.74. The standard InChI is InChI=1S/C17H22N4O/c1-20(2)17-16(18-7-8-19-17)15-6-4-3-5-14(15)13-21-9-11-22-12-10-21/h3-8H,9-13H2,1-2H3. The number of benzene rings is 1. The topological polar surface area (TPSA) is 41.5 Å². The van der Waals surface area contributed by atoms with E-state index in [0.29, 0.717) is 0 Å². The molecule has 3 rings (SSSR count). The molecule has 0 aliphatic carbocycles. The fraction of sp³-hybridized carbons (Fsp3) is 0.412. The van der Waals surface area contributed by atoms with Crippen molar-refractivity contribution in [1.29, 1.82) is 0 Å². The van der Waals surface area contributed by atoms with Crippen LogP contribution in [0.3, 0.4) is 0 Å². The maximum absolute atomic E-state index is 5.43. The molecule has 0 spiro atoms. The summed E-state index contributed by atoms with van der Waals surface area (Å²) < 4.78 is 5.43. The first kappa shape index (κ1) is 14.9. The van der Waals surface area contributed by atoms with Gasteiger partial charge in [-0.3, -0.25) is 9.88 Å². The Balaban J connectivity index is 1.94. The SMILES string of the molecule is CN(C)c1nccnc1-c1ccccc1CN1CCOCC1. The van der Waals surface area contributed by atoms with E-state index in [4.69, 9.17) is 4.74 Å². The summed E-state index contributed by atoms with van der Waals surface area (Å²) in [7, 11) is 4.00. The molecule has 0 bridgehead atoms. The van der Waals surface area contributed by atoms with Gasteiger partial charge in [-0.2, -0.15) is 0 Å². The highest BCUT2D eigenvalue weighted by atomic mass is 16.5. The average molecular weight is 298 g/mol. The Bertz CT molecular complexity index is 624. The molecule has 5 nitrogen and oxygen atoms in total. The highest BCUT2D eigenvalue weighted by molar-refractivity contribution is 5.74. The van der Waals surface area contributed by atoms with E-state index in [1.807, 2.05) is 19.0 Å². The smallest absolute Gasteiger partial charge is 0.154 e. The molecule has 0 atom stereocenters. The third-order valence-electron chi connectivity index (χ3n) is 3.87. The van der Waals surface area contributed by atoms with Gasteiger partial charge in [0.1, 0.15) is 5.69 Å². The average Bonchev–Trinajstić information content (AvgIpc) is 2.56. The Morgan fingerprint density at radius 3 is 2.59 bits per heavy atom. The molecule has 0 unspecified atom stereocenters. The molecular formula is C17H22N4O. The summed E-state index contributed by atoms with van der Waals surface area (Å²) in [6, 6.07) is 8.46. The molecule has 5 heteroatoms. The first-order valence-electron chi connectivity index (χ1n) is 7.62. The number of anilines is 1. The zero-order valence-corrected chi connectivity index (χ0v) is 13.2. The number of morpholine rings is 1. The molecule has 1 aliphatic heterocycles. The molecule has 0 N–H and O–H groups in total. The van der Waals surface area contributed by atoms with Crippen molar-refractivity contribution >= 4 is 5.82 Å². The van der Waals surface area contributed by atoms with Gasteiger partial charge in [0, 0.05) is 51.7 Å². The van der Waals surface area contributed by atoms with E-state index in [0.717, 1.165) is 49.9 Å². The minimum absolute atomic E-state index is 0.816. The first-order valence-corrected chi connectivity index (χ1v) is 7.62. The Kier molecular flexibility index (Phi) is 4.65. The minimum atomic E-state index is 0.816. The van der Waals surface area contributed by atoms with Crippen LogP contribution in [0.4, 0.5) is 5.82 Å². The monoisotopic (exact) mass is 298 g/mol. The van der Waals surface area contributed by atoms with Crippen molar-refractivity contribution in [3.8, 4) is 11.3 Å². The van der Waals surface area contributed by atoms with Crippen molar-refractivity contribution in [2.45, 2.75) is 6.54 Å². The van der Waals surface area contributed by atoms with Crippen molar-refractivity contribution in [2.24, 2.45) is 0 Å². The van der Waals surface area contributed by atoms with E-state index < -0.39 is 0 Å². The predicted molar refractivity (Wildman–Crippen MR) is 87.9 cm³/mol. The van der Waals surface area contributed by atoms with Crippen molar-refractivity contribution < 1.29 is 4.74 Å². The van der Waals surface area contributed by atoms with Crippen molar-refractivity contribution in [3.05, 3.63) is 42.2 Å². The van der Waals surface area contributed by atoms with Crippen LogP contribution in [-0.2, 0) is 11.3 Å². The van der Waals surface area contributed by atoms with Gasteiger partial charge < -0.3 is 9.64 Å². The van der Waals surface area contributed by atoms with Gasteiger partial charge in [0.15, 0.2) is 5.82 Å². The molecule has 2 aromatic rings. The Hall–Kier alpha value is -1.98. The van der Waals surface area contributed by atoms with Crippen molar-refractivity contribution in [1.82, 2.24) is 14.9 Å². The van der Waals surface area contributed by atoms with E-state index in [-0.39, 0.29) is 0 Å². The second kappa shape index (κ2) is 6.85. The molecule has 1 fully saturated rings. The molecular weight excluding hydrogens is 276 g/mol. The summed E-state index contributed by atoms with van der Waals surface area (Å²) in [5, 5.41) is 0. The van der Waals surface area contributed by atoms with Crippen LogP contribution in [0.5, 0.6) is 0 Å². The molecule has 22 heavy (non-hydrogen) atoms. The van der Waals surface area contributed by atoms with Crippen molar-refractivity contribution in [2.75, 3.05) is 45.3 Å². The van der Waals surface area contributed by atoms with E-state index in [1.165, 1.54) is 5.56 Å². The maximum atomic E-state index is 5.43. The lowest BCUT2D eigenvalue weighted by Gasteiger charge is -2.27. The van der Waals surface area contributed by atoms with E-state index in [9.17, 15) is 0 Å². The van der Waals surface area contributed by atoms with Gasteiger partial charge in [-0.1, -0.05) is 24.3 Å². The van der Waals surface area contributed by atoms with Gasteiger partial charge >= 0.3 is 0 Å². The Labute approximate surface area is 131 Å². The lowest BCUT2D eigenvalue weighted by molar-refractivity contribution is 0.0342. The van der Waals surface area contributed by atoms with Crippen LogP contribution in [0.1, 0.15) is 5.56 Å². The normalized spacial score (nSPS) is 15.7. The van der Waals surface area contributed by atoms with Crippen LogP contribution < -0.4 is 4.90 Å². The minimum Gasteiger partial charge on any atom is -0.379 e. The molecule has 1 saturated heterocycles. The molecule has 1 aromatic carbocycles. The van der Waals surface area contributed by atoms with Gasteiger partial charge in [0.25, 0.3) is 0 Å². The van der Waals surface area contributed by atoms with Gasteiger partial charge in [0.2, 0.25) is 0 Å². The fourth-order valence-electron chi connectivity index (χ4n) is 2.74.